The number of ketones is 2. The first kappa shape index (κ1) is 14.4. The van der Waals surface area contributed by atoms with Crippen LogP contribution in [0.5, 0.6) is 0 Å². The van der Waals surface area contributed by atoms with E-state index >= 15 is 0 Å². The summed E-state index contributed by atoms with van der Waals surface area (Å²) in [6.45, 7) is 1.95. The van der Waals surface area contributed by atoms with Crippen molar-refractivity contribution in [3.8, 4) is 0 Å². The minimum absolute atomic E-state index is 0.248. The van der Waals surface area contributed by atoms with Gasteiger partial charge in [0.05, 0.1) is 25.0 Å². The molecule has 1 heterocycles. The van der Waals surface area contributed by atoms with E-state index in [4.69, 9.17) is 33.4 Å². The second-order valence-electron chi connectivity index (χ2n) is 11.9. The highest BCUT2D eigenvalue weighted by Crippen LogP contribution is 2.70. The quantitative estimate of drug-likeness (QED) is 0.490. The van der Waals surface area contributed by atoms with Gasteiger partial charge in [0.2, 0.25) is 5.78 Å². The Balaban J connectivity index is 1.55. The van der Waals surface area contributed by atoms with E-state index in [0.29, 0.717) is 0 Å². The Kier molecular flexibility index (Phi) is 3.55. The number of ether oxygens (including phenoxy) is 3. The number of aliphatic hydroxyl groups is 1. The Labute approximate surface area is 254 Å². The van der Waals surface area contributed by atoms with Crippen molar-refractivity contribution in [3.05, 3.63) is 23.8 Å². The van der Waals surface area contributed by atoms with E-state index in [1.54, 1.807) is 0 Å². The number of carbonyl (C=O) groups excluding carboxylic acids is 3. The molecule has 214 valence electrons. The molecule has 6 rings (SSSR count). The van der Waals surface area contributed by atoms with Gasteiger partial charge in [-0.1, -0.05) is 58.5 Å². The molecule has 6 aliphatic rings. The van der Waals surface area contributed by atoms with Crippen LogP contribution in [0.2, 0.25) is 0 Å². The van der Waals surface area contributed by atoms with Gasteiger partial charge < -0.3 is 19.3 Å². The van der Waals surface area contributed by atoms with Crippen molar-refractivity contribution in [1.29, 1.82) is 0 Å². The summed E-state index contributed by atoms with van der Waals surface area (Å²) in [5.74, 6) is -11.4. The van der Waals surface area contributed by atoms with Crippen molar-refractivity contribution in [3.63, 3.8) is 0 Å². The van der Waals surface area contributed by atoms with Crippen molar-refractivity contribution in [2.75, 3.05) is 6.56 Å². The zero-order valence-electron chi connectivity index (χ0n) is 38.3. The highest BCUT2D eigenvalue weighted by Gasteiger charge is 2.76. The van der Waals surface area contributed by atoms with E-state index < -0.39 is 158 Å². The number of rotatable bonds is 5. The van der Waals surface area contributed by atoms with E-state index in [1.165, 1.54) is 33.8 Å². The SMILES string of the molecule is [2H]C1=C[C@@]2(C)C(=C([2H])C1=O)C([2H])([2H])C[C@@H]1[C@@H]2[C@@H](O)C[C@@]2(C)[C@H]1C[C@H]1O[C@@]([2H])(C3([2H])CC([2H])([2H])C([2H])([2H])C([2H])([2H])C3([2H])[2H])O[C@]12C(=O)C([2H])([2H])OC(=O)C(C)C. The van der Waals surface area contributed by atoms with Crippen LogP contribution < -0.4 is 0 Å². The third-order valence-corrected chi connectivity index (χ3v) is 9.53. The summed E-state index contributed by atoms with van der Waals surface area (Å²) in [6.07, 6.45) is -25.8. The molecule has 1 unspecified atom stereocenters. The first-order valence-corrected chi connectivity index (χ1v) is 13.3. The molecule has 1 aliphatic heterocycles. The molecule has 0 amide bonds. The van der Waals surface area contributed by atoms with Crippen LogP contribution in [0.1, 0.15) is 107 Å². The number of hydrogen-bond donors (Lipinski definition) is 1. The van der Waals surface area contributed by atoms with Gasteiger partial charge in [-0.3, -0.25) is 14.4 Å². The Morgan fingerprint density at radius 1 is 1.31 bits per heavy atom. The summed E-state index contributed by atoms with van der Waals surface area (Å²) < 4.78 is 156. The number of aliphatic hydroxyl groups excluding tert-OH is 1. The fourth-order valence-corrected chi connectivity index (χ4v) is 7.69. The zero-order chi connectivity index (χ0) is 42.1. The van der Waals surface area contributed by atoms with Gasteiger partial charge in [0.1, 0.15) is 0 Å². The molecular formula is C32H44O7. The maximum Gasteiger partial charge on any atom is 0.308 e. The van der Waals surface area contributed by atoms with Crippen molar-refractivity contribution in [2.24, 2.45) is 40.4 Å². The molecule has 39 heavy (non-hydrogen) atoms. The van der Waals surface area contributed by atoms with E-state index in [-0.39, 0.29) is 5.57 Å². The standard InChI is InChI=1S/C32H44O7/c1-18(2)28(36)37-17-25(35)32-26(38-29(39-32)19-8-6-5-7-9-19)15-23-22-11-10-20-14-21(33)12-13-30(20,3)27(22)24(34)16-31(23,32)4/h12-14,18-19,22-24,26-27,29,34H,5-11,15-17H2,1-4H3/t22-,23-,24-,26+,27+,29+,30-,31-,32+/m0/s1/i5D2,6D2,7D2,8D2,10D2,12D,14D,17D2,19D,29D/t19?,22-,23-,24-,26+,27+,29+,30-,31-,32+. The average Bonchev–Trinajstić information content (AvgIpc) is 3.45. The van der Waals surface area contributed by atoms with Gasteiger partial charge >= 0.3 is 5.97 Å². The maximum absolute atomic E-state index is 14.9. The fourth-order valence-electron chi connectivity index (χ4n) is 7.69. The first-order valence-electron chi connectivity index (χ1n) is 21.3. The number of allylic oxidation sites excluding steroid dienone is 4. The van der Waals surface area contributed by atoms with Crippen LogP contribution in [0.3, 0.4) is 0 Å². The Morgan fingerprint density at radius 2 is 2.10 bits per heavy atom. The Morgan fingerprint density at radius 3 is 2.87 bits per heavy atom. The maximum atomic E-state index is 14.9. The monoisotopic (exact) mass is 556 g/mol. The smallest absolute Gasteiger partial charge is 0.308 e. The molecule has 7 nitrogen and oxygen atoms in total. The third-order valence-electron chi connectivity index (χ3n) is 9.53. The largest absolute Gasteiger partial charge is 0.457 e. The lowest BCUT2D eigenvalue weighted by molar-refractivity contribution is -0.210. The summed E-state index contributed by atoms with van der Waals surface area (Å²) in [4.78, 5) is 40.4. The minimum atomic E-state index is -3.84. The molecule has 10 atom stereocenters. The number of fused-ring (bicyclic) bond motifs is 7. The lowest BCUT2D eigenvalue weighted by atomic mass is 9.46. The second-order valence-corrected chi connectivity index (χ2v) is 11.9. The number of Topliss-reactive ketones (excluding diaryl/α,β-unsaturated/α-hetero) is 1. The lowest BCUT2D eigenvalue weighted by Crippen LogP contribution is -2.63. The summed E-state index contributed by atoms with van der Waals surface area (Å²) in [7, 11) is 0. The lowest BCUT2D eigenvalue weighted by Gasteiger charge is -2.59. The molecule has 0 spiro atoms. The zero-order valence-corrected chi connectivity index (χ0v) is 22.3. The number of carbonyl (C=O) groups is 3. The highest BCUT2D eigenvalue weighted by atomic mass is 16.7. The van der Waals surface area contributed by atoms with Crippen molar-refractivity contribution in [2.45, 2.75) is 109 Å². The summed E-state index contributed by atoms with van der Waals surface area (Å²) in [6, 6.07) is -1.33. The van der Waals surface area contributed by atoms with Gasteiger partial charge in [-0.25, -0.2) is 0 Å². The molecule has 7 heteroatoms. The molecule has 5 fully saturated rings. The molecule has 1 N–H and O–H groups in total. The van der Waals surface area contributed by atoms with Crippen LogP contribution in [0.4, 0.5) is 0 Å². The molecule has 1 saturated heterocycles. The molecule has 0 aromatic rings. The molecule has 0 bridgehead atoms. The van der Waals surface area contributed by atoms with E-state index in [2.05, 4.69) is 0 Å². The van der Waals surface area contributed by atoms with Gasteiger partial charge in [-0.05, 0) is 62.4 Å². The van der Waals surface area contributed by atoms with Gasteiger partial charge in [0.25, 0.3) is 0 Å². The molecule has 0 aromatic carbocycles. The minimum Gasteiger partial charge on any atom is -0.457 e. The first-order chi connectivity index (χ1) is 24.5. The predicted octanol–water partition coefficient (Wildman–Crippen LogP) is 4.70. The van der Waals surface area contributed by atoms with Gasteiger partial charge in [-0.2, -0.15) is 0 Å². The fraction of sp³-hybridized carbons (Fsp3) is 0.781. The van der Waals surface area contributed by atoms with Crippen LogP contribution >= 0.6 is 0 Å². The van der Waals surface area contributed by atoms with E-state index in [0.717, 1.165) is 0 Å². The van der Waals surface area contributed by atoms with Gasteiger partial charge in [0, 0.05) is 37.7 Å². The molecular weight excluding hydrogens is 496 g/mol. The van der Waals surface area contributed by atoms with Gasteiger partial charge in [0.15, 0.2) is 24.2 Å². The normalized spacial score (nSPS) is 63.8. The second kappa shape index (κ2) is 9.63. The van der Waals surface area contributed by atoms with Crippen molar-refractivity contribution >= 4 is 17.5 Å². The number of esters is 1. The Hall–Kier alpha value is -1.83. The van der Waals surface area contributed by atoms with Crippen LogP contribution in [-0.2, 0) is 28.6 Å². The summed E-state index contributed by atoms with van der Waals surface area (Å²) >= 11 is 0. The van der Waals surface area contributed by atoms with Crippen molar-refractivity contribution in [1.82, 2.24) is 0 Å². The third kappa shape index (κ3) is 3.97. The molecule has 0 radical (unpaired) electrons. The summed E-state index contributed by atoms with van der Waals surface area (Å²) in [5, 5.41) is 12.1. The van der Waals surface area contributed by atoms with Crippen LogP contribution in [0.15, 0.2) is 23.8 Å². The van der Waals surface area contributed by atoms with Crippen molar-refractivity contribution < 1.29 is 55.6 Å². The number of hydrogen-bond acceptors (Lipinski definition) is 7. The Bertz CT molecular complexity index is 1810. The van der Waals surface area contributed by atoms with E-state index in [9.17, 15) is 22.2 Å². The average molecular weight is 557 g/mol. The van der Waals surface area contributed by atoms with Crippen LogP contribution in [0, 0.1) is 40.4 Å². The predicted molar refractivity (Wildman–Crippen MR) is 143 cm³/mol. The topological polar surface area (TPSA) is 99.1 Å². The highest BCUT2D eigenvalue weighted by molar-refractivity contribution is 6.01. The summed E-state index contributed by atoms with van der Waals surface area (Å²) in [5.41, 5.74) is -6.68. The van der Waals surface area contributed by atoms with Crippen LogP contribution in [-0.4, -0.2) is 53.3 Å². The van der Waals surface area contributed by atoms with Crippen LogP contribution in [0.25, 0.3) is 0 Å². The molecule has 0 aromatic heterocycles. The van der Waals surface area contributed by atoms with E-state index in [1.807, 2.05) is 0 Å². The molecule has 5 aliphatic carbocycles. The molecule has 4 saturated carbocycles. The van der Waals surface area contributed by atoms with Gasteiger partial charge in [-0.15, -0.1) is 0 Å².